The fourth-order valence-corrected chi connectivity index (χ4v) is 5.82. The summed E-state index contributed by atoms with van der Waals surface area (Å²) in [6.45, 7) is 9.99. The van der Waals surface area contributed by atoms with Crippen LogP contribution in [-0.2, 0) is 47.6 Å². The van der Waals surface area contributed by atoms with E-state index < -0.39 is 62.3 Å². The topological polar surface area (TPSA) is 132 Å². The molecule has 2 aromatic rings. The fraction of sp³-hybridized carbons (Fsp3) is 0.500. The molecule has 12 heteroatoms. The summed E-state index contributed by atoms with van der Waals surface area (Å²) in [5.74, 6) is -0.671. The molecular formula is C26H34O10S2. The van der Waals surface area contributed by atoms with Gasteiger partial charge in [0.2, 0.25) is 0 Å². The average Bonchev–Trinajstić information content (AvgIpc) is 2.82. The van der Waals surface area contributed by atoms with Crippen molar-refractivity contribution in [2.45, 2.75) is 82.0 Å². The van der Waals surface area contributed by atoms with E-state index in [1.54, 1.807) is 58.9 Å². The molecule has 210 valence electrons. The summed E-state index contributed by atoms with van der Waals surface area (Å²) in [6.07, 6.45) is -6.95. The molecule has 0 N–H and O–H groups in total. The van der Waals surface area contributed by atoms with Gasteiger partial charge in [0, 0.05) is 7.11 Å². The Kier molecular flexibility index (Phi) is 9.06. The molecule has 38 heavy (non-hydrogen) atoms. The van der Waals surface area contributed by atoms with Crippen LogP contribution in [0.25, 0.3) is 0 Å². The molecule has 5 atom stereocenters. The Hall–Kier alpha value is -2.35. The molecule has 1 aliphatic heterocycles. The average molecular weight is 571 g/mol. The van der Waals surface area contributed by atoms with Crippen LogP contribution in [0.5, 0.6) is 0 Å². The molecule has 0 spiro atoms. The van der Waals surface area contributed by atoms with Gasteiger partial charge in [-0.1, -0.05) is 35.4 Å². The van der Waals surface area contributed by atoms with Crippen LogP contribution in [0, 0.1) is 19.3 Å². The Morgan fingerprint density at radius 3 is 1.58 bits per heavy atom. The van der Waals surface area contributed by atoms with E-state index in [0.29, 0.717) is 0 Å². The summed E-state index contributed by atoms with van der Waals surface area (Å²) in [4.78, 5) is 12.5. The molecule has 2 aromatic carbocycles. The van der Waals surface area contributed by atoms with Crippen molar-refractivity contribution in [2.24, 2.45) is 5.41 Å². The first kappa shape index (κ1) is 30.2. The summed E-state index contributed by atoms with van der Waals surface area (Å²) >= 11 is 0. The fourth-order valence-electron chi connectivity index (χ4n) is 3.65. The zero-order chi connectivity index (χ0) is 28.5. The highest BCUT2D eigenvalue weighted by atomic mass is 32.2. The van der Waals surface area contributed by atoms with E-state index in [4.69, 9.17) is 22.6 Å². The molecule has 0 aromatic heterocycles. The van der Waals surface area contributed by atoms with Crippen LogP contribution in [0.15, 0.2) is 58.3 Å². The molecular weight excluding hydrogens is 536 g/mol. The number of carbonyl (C=O) groups is 1. The van der Waals surface area contributed by atoms with E-state index in [1.165, 1.54) is 38.3 Å². The van der Waals surface area contributed by atoms with Gasteiger partial charge in [0.25, 0.3) is 20.2 Å². The van der Waals surface area contributed by atoms with Gasteiger partial charge in [0.15, 0.2) is 18.5 Å². The Bertz CT molecular complexity index is 1330. The lowest BCUT2D eigenvalue weighted by Crippen LogP contribution is -2.61. The highest BCUT2D eigenvalue weighted by Crippen LogP contribution is 2.34. The zero-order valence-corrected chi connectivity index (χ0v) is 24.0. The highest BCUT2D eigenvalue weighted by Gasteiger charge is 2.52. The Balaban J connectivity index is 2.08. The first-order chi connectivity index (χ1) is 17.5. The number of hydrogen-bond acceptors (Lipinski definition) is 10. The largest absolute Gasteiger partial charge is 0.456 e. The van der Waals surface area contributed by atoms with E-state index in [9.17, 15) is 21.6 Å². The molecule has 1 heterocycles. The Morgan fingerprint density at radius 1 is 0.763 bits per heavy atom. The maximum absolute atomic E-state index is 13.3. The van der Waals surface area contributed by atoms with Crippen molar-refractivity contribution in [1.82, 2.24) is 0 Å². The smallest absolute Gasteiger partial charge is 0.311 e. The maximum atomic E-state index is 13.3. The van der Waals surface area contributed by atoms with E-state index in [1.807, 2.05) is 0 Å². The Labute approximate surface area is 224 Å². The van der Waals surface area contributed by atoms with Crippen LogP contribution in [0.2, 0.25) is 0 Å². The number of methoxy groups -OCH3 is 1. The van der Waals surface area contributed by atoms with Gasteiger partial charge in [-0.3, -0.25) is 13.2 Å². The second-order valence-corrected chi connectivity index (χ2v) is 13.4. The highest BCUT2D eigenvalue weighted by molar-refractivity contribution is 7.87. The van der Waals surface area contributed by atoms with Gasteiger partial charge in [0.1, 0.15) is 6.10 Å². The minimum Gasteiger partial charge on any atom is -0.456 e. The van der Waals surface area contributed by atoms with Crippen molar-refractivity contribution in [3.8, 4) is 0 Å². The third-order valence-corrected chi connectivity index (χ3v) is 8.56. The van der Waals surface area contributed by atoms with Crippen molar-refractivity contribution in [3.63, 3.8) is 0 Å². The summed E-state index contributed by atoms with van der Waals surface area (Å²) in [7, 11) is -7.67. The molecule has 0 amide bonds. The molecule has 10 nitrogen and oxygen atoms in total. The van der Waals surface area contributed by atoms with Crippen LogP contribution in [0.3, 0.4) is 0 Å². The standard InChI is InChI=1S/C26H34O10S2/c1-16-8-12-19(13-9-16)37(28,29)35-22-21(34-25(27)26(4,5)6)18(3)33-24(32-7)23(22)36-38(30,31)20-14-10-17(2)11-15-20/h8-15,18,21-24H,1-7H3. The van der Waals surface area contributed by atoms with E-state index in [2.05, 4.69) is 0 Å². The van der Waals surface area contributed by atoms with Gasteiger partial charge in [-0.05, 0) is 65.8 Å². The minimum absolute atomic E-state index is 0.167. The Morgan fingerprint density at radius 2 is 1.18 bits per heavy atom. The molecule has 1 saturated heterocycles. The van der Waals surface area contributed by atoms with Crippen LogP contribution in [0.4, 0.5) is 0 Å². The van der Waals surface area contributed by atoms with Gasteiger partial charge >= 0.3 is 5.97 Å². The lowest BCUT2D eigenvalue weighted by atomic mass is 9.95. The van der Waals surface area contributed by atoms with Crippen LogP contribution in [0.1, 0.15) is 38.8 Å². The first-order valence-electron chi connectivity index (χ1n) is 11.9. The predicted molar refractivity (Wildman–Crippen MR) is 137 cm³/mol. The molecule has 0 bridgehead atoms. The van der Waals surface area contributed by atoms with Crippen molar-refractivity contribution >= 4 is 26.2 Å². The molecule has 5 unspecified atom stereocenters. The number of esters is 1. The van der Waals surface area contributed by atoms with Crippen molar-refractivity contribution < 1.29 is 44.2 Å². The molecule has 1 fully saturated rings. The van der Waals surface area contributed by atoms with Crippen LogP contribution in [-0.4, -0.2) is 60.6 Å². The number of rotatable bonds is 8. The summed E-state index contributed by atoms with van der Waals surface area (Å²) in [6, 6.07) is 11.8. The van der Waals surface area contributed by atoms with Crippen LogP contribution >= 0.6 is 0 Å². The van der Waals surface area contributed by atoms with Gasteiger partial charge < -0.3 is 14.2 Å². The van der Waals surface area contributed by atoms with Gasteiger partial charge in [0.05, 0.1) is 21.3 Å². The summed E-state index contributed by atoms with van der Waals surface area (Å²) in [5.41, 5.74) is 0.696. The molecule has 0 aliphatic carbocycles. The summed E-state index contributed by atoms with van der Waals surface area (Å²) < 4.78 is 80.9. The van der Waals surface area contributed by atoms with Crippen LogP contribution < -0.4 is 0 Å². The quantitative estimate of drug-likeness (QED) is 0.343. The van der Waals surface area contributed by atoms with Crippen molar-refractivity contribution in [1.29, 1.82) is 0 Å². The van der Waals surface area contributed by atoms with Gasteiger partial charge in [-0.2, -0.15) is 16.8 Å². The maximum Gasteiger partial charge on any atom is 0.311 e. The van der Waals surface area contributed by atoms with Gasteiger partial charge in [-0.15, -0.1) is 0 Å². The normalized spacial score (nSPS) is 24.7. The number of benzene rings is 2. The van der Waals surface area contributed by atoms with Gasteiger partial charge in [-0.25, -0.2) is 0 Å². The second kappa shape index (κ2) is 11.4. The number of carbonyl (C=O) groups excluding carboxylic acids is 1. The SMILES string of the molecule is COC1OC(C)C(OC(=O)C(C)(C)C)C(OS(=O)(=O)c2ccc(C)cc2)C1OS(=O)(=O)c1ccc(C)cc1. The minimum atomic E-state index is -4.47. The van der Waals surface area contributed by atoms with Crippen molar-refractivity contribution in [3.05, 3.63) is 59.7 Å². The third kappa shape index (κ3) is 6.99. The van der Waals surface area contributed by atoms with E-state index in [0.717, 1.165) is 11.1 Å². The number of ether oxygens (including phenoxy) is 3. The molecule has 3 rings (SSSR count). The molecule has 0 radical (unpaired) electrons. The predicted octanol–water partition coefficient (Wildman–Crippen LogP) is 3.50. The van der Waals surface area contributed by atoms with Crippen molar-refractivity contribution in [2.75, 3.05) is 7.11 Å². The second-order valence-electron chi connectivity index (χ2n) is 10.2. The summed E-state index contributed by atoms with van der Waals surface area (Å²) in [5, 5.41) is 0. The lowest BCUT2D eigenvalue weighted by Gasteiger charge is -2.43. The first-order valence-corrected chi connectivity index (χ1v) is 14.8. The lowest BCUT2D eigenvalue weighted by molar-refractivity contribution is -0.279. The number of aryl methyl sites for hydroxylation is 2. The molecule has 1 aliphatic rings. The molecule has 0 saturated carbocycles. The van der Waals surface area contributed by atoms with E-state index >= 15 is 0 Å². The zero-order valence-electron chi connectivity index (χ0n) is 22.4. The number of hydrogen-bond donors (Lipinski definition) is 0. The third-order valence-electron chi connectivity index (χ3n) is 5.91. The monoisotopic (exact) mass is 570 g/mol. The van der Waals surface area contributed by atoms with E-state index in [-0.39, 0.29) is 9.79 Å².